The highest BCUT2D eigenvalue weighted by Gasteiger charge is 2.31. The van der Waals surface area contributed by atoms with Crippen molar-refractivity contribution in [2.75, 3.05) is 11.9 Å². The van der Waals surface area contributed by atoms with E-state index in [9.17, 15) is 13.2 Å². The van der Waals surface area contributed by atoms with Gasteiger partial charge in [0.05, 0.1) is 11.4 Å². The number of ether oxygens (including phenoxy) is 1. The van der Waals surface area contributed by atoms with Crippen LogP contribution in [-0.2, 0) is 12.8 Å². The second kappa shape index (κ2) is 7.53. The second-order valence-electron chi connectivity index (χ2n) is 6.61. The highest BCUT2D eigenvalue weighted by atomic mass is 19.4. The first kappa shape index (κ1) is 18.3. The minimum atomic E-state index is -4.71. The van der Waals surface area contributed by atoms with Crippen LogP contribution in [0.1, 0.15) is 29.8 Å². The molecule has 0 spiro atoms. The summed E-state index contributed by atoms with van der Waals surface area (Å²) in [5, 5.41) is 8.17. The number of halogens is 3. The highest BCUT2D eigenvalue weighted by molar-refractivity contribution is 5.55. The molecule has 0 amide bonds. The van der Waals surface area contributed by atoms with Gasteiger partial charge in [0.1, 0.15) is 11.6 Å². The molecule has 3 heterocycles. The molecule has 1 aliphatic heterocycles. The Balaban J connectivity index is 1.68. The lowest BCUT2D eigenvalue weighted by atomic mass is 10.1. The molecule has 1 aliphatic rings. The molecule has 0 bridgehead atoms. The number of hydrogen-bond acceptors (Lipinski definition) is 4. The molecule has 1 aromatic carbocycles. The van der Waals surface area contributed by atoms with Gasteiger partial charge in [0, 0.05) is 30.4 Å². The number of aromatic nitrogens is 3. The Morgan fingerprint density at radius 1 is 1.07 bits per heavy atom. The zero-order chi connectivity index (χ0) is 19.6. The fourth-order valence-electron chi connectivity index (χ4n) is 3.37. The van der Waals surface area contributed by atoms with E-state index in [-0.39, 0.29) is 5.75 Å². The van der Waals surface area contributed by atoms with Gasteiger partial charge in [-0.15, -0.1) is 13.2 Å². The largest absolute Gasteiger partial charge is 0.573 e. The minimum absolute atomic E-state index is 0.254. The van der Waals surface area contributed by atoms with Crippen molar-refractivity contribution in [3.63, 3.8) is 0 Å². The van der Waals surface area contributed by atoms with Gasteiger partial charge in [-0.25, -0.2) is 4.68 Å². The minimum Gasteiger partial charge on any atom is -0.406 e. The van der Waals surface area contributed by atoms with E-state index >= 15 is 0 Å². The van der Waals surface area contributed by atoms with Crippen LogP contribution in [0.15, 0.2) is 48.7 Å². The van der Waals surface area contributed by atoms with Crippen LogP contribution < -0.4 is 10.1 Å². The van der Waals surface area contributed by atoms with Crippen molar-refractivity contribution in [2.24, 2.45) is 0 Å². The molecule has 0 saturated heterocycles. The molecule has 5 nitrogen and oxygen atoms in total. The predicted octanol–water partition coefficient (Wildman–Crippen LogP) is 4.50. The van der Waals surface area contributed by atoms with Gasteiger partial charge in [0.15, 0.2) is 0 Å². The number of benzene rings is 1. The summed E-state index contributed by atoms with van der Waals surface area (Å²) in [4.78, 5) is 4.38. The molecule has 146 valence electrons. The van der Waals surface area contributed by atoms with Crippen LogP contribution in [0.3, 0.4) is 0 Å². The summed E-state index contributed by atoms with van der Waals surface area (Å²) in [6.07, 6.45) is 0.659. The zero-order valence-corrected chi connectivity index (χ0v) is 15.0. The Kier molecular flexibility index (Phi) is 4.93. The maximum atomic E-state index is 12.4. The van der Waals surface area contributed by atoms with E-state index in [0.717, 1.165) is 48.6 Å². The van der Waals surface area contributed by atoms with E-state index in [0.29, 0.717) is 12.1 Å². The number of nitrogens with one attached hydrogen (secondary N) is 1. The van der Waals surface area contributed by atoms with E-state index in [1.54, 1.807) is 23.0 Å². The summed E-state index contributed by atoms with van der Waals surface area (Å²) in [6.45, 7) is 0.830. The molecule has 0 aliphatic carbocycles. The van der Waals surface area contributed by atoms with E-state index in [1.165, 1.54) is 12.1 Å². The van der Waals surface area contributed by atoms with Gasteiger partial charge >= 0.3 is 6.36 Å². The molecular formula is C20H19F3N4O. The molecule has 0 unspecified atom stereocenters. The molecule has 1 N–H and O–H groups in total. The van der Waals surface area contributed by atoms with Gasteiger partial charge in [0.25, 0.3) is 0 Å². The molecule has 28 heavy (non-hydrogen) atoms. The van der Waals surface area contributed by atoms with Gasteiger partial charge in [-0.2, -0.15) is 5.10 Å². The maximum absolute atomic E-state index is 12.4. The Hall–Kier alpha value is -3.03. The normalized spacial score (nSPS) is 14.1. The van der Waals surface area contributed by atoms with Gasteiger partial charge in [-0.05, 0) is 55.7 Å². The van der Waals surface area contributed by atoms with Crippen molar-refractivity contribution in [3.8, 4) is 11.4 Å². The topological polar surface area (TPSA) is 52.0 Å². The molecule has 0 atom stereocenters. The van der Waals surface area contributed by atoms with Crippen LogP contribution in [0.2, 0.25) is 0 Å². The molecule has 8 heteroatoms. The average Bonchev–Trinajstić information content (AvgIpc) is 2.84. The van der Waals surface area contributed by atoms with E-state index in [4.69, 9.17) is 5.10 Å². The molecule has 2 aromatic heterocycles. The molecule has 3 aromatic rings. The number of hydrogen-bond donors (Lipinski definition) is 1. The van der Waals surface area contributed by atoms with Crippen LogP contribution in [0, 0.1) is 0 Å². The van der Waals surface area contributed by atoms with Crippen molar-refractivity contribution in [3.05, 3.63) is 65.6 Å². The molecule has 0 saturated carbocycles. The smallest absolute Gasteiger partial charge is 0.406 e. The fraction of sp³-hybridized carbons (Fsp3) is 0.300. The van der Waals surface area contributed by atoms with Gasteiger partial charge < -0.3 is 10.1 Å². The van der Waals surface area contributed by atoms with Crippen molar-refractivity contribution >= 4 is 5.82 Å². The standard InChI is InChI=1S/C20H19F3N4O/c21-20(22,23)28-16-9-7-15(8-10-16)27-19-17(6-2-4-12-25-19)18(26-27)13-14-5-1-3-11-24-14/h1,3,5,7-11,25H,2,4,6,12-13H2. The van der Waals surface area contributed by atoms with E-state index in [1.807, 2.05) is 18.2 Å². The quantitative estimate of drug-likeness (QED) is 0.715. The second-order valence-corrected chi connectivity index (χ2v) is 6.61. The first-order valence-corrected chi connectivity index (χ1v) is 9.10. The van der Waals surface area contributed by atoms with E-state index < -0.39 is 6.36 Å². The van der Waals surface area contributed by atoms with Gasteiger partial charge in [-0.3, -0.25) is 4.98 Å². The third kappa shape index (κ3) is 4.11. The number of anilines is 1. The summed E-state index contributed by atoms with van der Waals surface area (Å²) >= 11 is 0. The Morgan fingerprint density at radius 3 is 2.61 bits per heavy atom. The summed E-state index contributed by atoms with van der Waals surface area (Å²) < 4.78 is 42.9. The van der Waals surface area contributed by atoms with Crippen LogP contribution in [0.4, 0.5) is 19.0 Å². The van der Waals surface area contributed by atoms with Crippen molar-refractivity contribution in [2.45, 2.75) is 32.0 Å². The third-order valence-electron chi connectivity index (χ3n) is 4.60. The Labute approximate surface area is 160 Å². The summed E-state index contributed by atoms with van der Waals surface area (Å²) in [7, 11) is 0. The van der Waals surface area contributed by atoms with Crippen molar-refractivity contribution < 1.29 is 17.9 Å². The van der Waals surface area contributed by atoms with E-state index in [2.05, 4.69) is 15.0 Å². The van der Waals surface area contributed by atoms with Gasteiger partial charge in [-0.1, -0.05) is 6.07 Å². The average molecular weight is 388 g/mol. The predicted molar refractivity (Wildman–Crippen MR) is 98.7 cm³/mol. The zero-order valence-electron chi connectivity index (χ0n) is 15.0. The first-order chi connectivity index (χ1) is 13.5. The number of pyridine rings is 1. The highest BCUT2D eigenvalue weighted by Crippen LogP contribution is 2.30. The molecule has 0 fully saturated rings. The summed E-state index contributed by atoms with van der Waals surface area (Å²) in [5.74, 6) is 0.643. The summed E-state index contributed by atoms with van der Waals surface area (Å²) in [5.41, 5.74) is 3.66. The van der Waals surface area contributed by atoms with Crippen LogP contribution in [0.5, 0.6) is 5.75 Å². The lowest BCUT2D eigenvalue weighted by Crippen LogP contribution is -2.17. The number of fused-ring (bicyclic) bond motifs is 1. The van der Waals surface area contributed by atoms with Crippen LogP contribution >= 0.6 is 0 Å². The molecule has 0 radical (unpaired) electrons. The van der Waals surface area contributed by atoms with Gasteiger partial charge in [0.2, 0.25) is 0 Å². The first-order valence-electron chi connectivity index (χ1n) is 9.10. The Morgan fingerprint density at radius 2 is 1.89 bits per heavy atom. The SMILES string of the molecule is FC(F)(F)Oc1ccc(-n2nc(Cc3ccccn3)c3c2NCCCC3)cc1. The van der Waals surface area contributed by atoms with Crippen molar-refractivity contribution in [1.29, 1.82) is 0 Å². The molecule has 4 rings (SSSR count). The lowest BCUT2D eigenvalue weighted by molar-refractivity contribution is -0.274. The van der Waals surface area contributed by atoms with Crippen LogP contribution in [0.25, 0.3) is 5.69 Å². The number of rotatable bonds is 4. The lowest BCUT2D eigenvalue weighted by Gasteiger charge is -2.11. The maximum Gasteiger partial charge on any atom is 0.573 e. The van der Waals surface area contributed by atoms with Crippen molar-refractivity contribution in [1.82, 2.24) is 14.8 Å². The fourth-order valence-corrected chi connectivity index (χ4v) is 3.37. The number of alkyl halides is 3. The number of nitrogens with zero attached hydrogens (tertiary/aromatic N) is 3. The monoisotopic (exact) mass is 388 g/mol. The Bertz CT molecular complexity index is 937. The third-order valence-corrected chi connectivity index (χ3v) is 4.60. The van der Waals surface area contributed by atoms with Crippen LogP contribution in [-0.4, -0.2) is 27.7 Å². The summed E-state index contributed by atoms with van der Waals surface area (Å²) in [6, 6.07) is 11.5. The molecular weight excluding hydrogens is 369 g/mol.